The SMILES string of the molecule is CCC(C)N(CC)S(=O)(=O)c1cc(CN)n(C2CC2)c1. The number of aromatic nitrogens is 1. The largest absolute Gasteiger partial charge is 0.346 e. The second-order valence-electron chi connectivity index (χ2n) is 5.48. The fourth-order valence-corrected chi connectivity index (χ4v) is 4.32. The van der Waals surface area contributed by atoms with E-state index in [1.807, 2.05) is 25.3 Å². The van der Waals surface area contributed by atoms with E-state index in [-0.39, 0.29) is 6.04 Å². The minimum atomic E-state index is -3.42. The molecule has 1 aromatic rings. The van der Waals surface area contributed by atoms with Crippen LogP contribution in [0.4, 0.5) is 0 Å². The fraction of sp³-hybridized carbons (Fsp3) is 0.714. The summed E-state index contributed by atoms with van der Waals surface area (Å²) in [6, 6.07) is 2.19. The summed E-state index contributed by atoms with van der Waals surface area (Å²) < 4.78 is 29.1. The summed E-state index contributed by atoms with van der Waals surface area (Å²) in [6.07, 6.45) is 4.80. The Kier molecular flexibility index (Phi) is 4.56. The van der Waals surface area contributed by atoms with Crippen molar-refractivity contribution in [1.82, 2.24) is 8.87 Å². The smallest absolute Gasteiger partial charge is 0.244 e. The van der Waals surface area contributed by atoms with E-state index in [2.05, 4.69) is 0 Å². The molecule has 0 bridgehead atoms. The molecule has 0 amide bonds. The molecule has 1 heterocycles. The Bertz CT molecular complexity index is 561. The second kappa shape index (κ2) is 5.87. The molecule has 0 radical (unpaired) electrons. The van der Waals surface area contributed by atoms with Crippen LogP contribution in [-0.4, -0.2) is 29.9 Å². The van der Waals surface area contributed by atoms with Gasteiger partial charge in [-0.05, 0) is 32.3 Å². The van der Waals surface area contributed by atoms with Crippen LogP contribution < -0.4 is 5.73 Å². The predicted octanol–water partition coefficient (Wildman–Crippen LogP) is 2.09. The molecule has 6 heteroatoms. The second-order valence-corrected chi connectivity index (χ2v) is 7.37. The molecule has 1 aliphatic rings. The predicted molar refractivity (Wildman–Crippen MR) is 79.9 cm³/mol. The first-order chi connectivity index (χ1) is 9.45. The lowest BCUT2D eigenvalue weighted by Crippen LogP contribution is -2.37. The van der Waals surface area contributed by atoms with Crippen LogP contribution in [0.5, 0.6) is 0 Å². The van der Waals surface area contributed by atoms with Crippen molar-refractivity contribution < 1.29 is 8.42 Å². The van der Waals surface area contributed by atoms with Gasteiger partial charge in [-0.3, -0.25) is 0 Å². The molecule has 20 heavy (non-hydrogen) atoms. The summed E-state index contributed by atoms with van der Waals surface area (Å²) in [4.78, 5) is 0.381. The van der Waals surface area contributed by atoms with Gasteiger partial charge in [0.15, 0.2) is 0 Å². The molecular formula is C14H25N3O2S. The molecule has 0 spiro atoms. The van der Waals surface area contributed by atoms with Gasteiger partial charge in [0.1, 0.15) is 4.90 Å². The van der Waals surface area contributed by atoms with E-state index in [4.69, 9.17) is 5.73 Å². The molecule has 1 saturated carbocycles. The van der Waals surface area contributed by atoms with Crippen molar-refractivity contribution in [3.8, 4) is 0 Å². The summed E-state index contributed by atoms with van der Waals surface area (Å²) in [6.45, 7) is 6.70. The maximum absolute atomic E-state index is 12.8. The third kappa shape index (κ3) is 2.77. The van der Waals surface area contributed by atoms with Crippen molar-refractivity contribution in [3.63, 3.8) is 0 Å². The van der Waals surface area contributed by atoms with Gasteiger partial charge in [0.05, 0.1) is 0 Å². The van der Waals surface area contributed by atoms with Gasteiger partial charge in [-0.2, -0.15) is 4.31 Å². The van der Waals surface area contributed by atoms with Crippen LogP contribution in [-0.2, 0) is 16.6 Å². The highest BCUT2D eigenvalue weighted by Gasteiger charge is 2.31. The zero-order chi connectivity index (χ0) is 14.9. The minimum Gasteiger partial charge on any atom is -0.346 e. The van der Waals surface area contributed by atoms with E-state index in [0.29, 0.717) is 24.0 Å². The van der Waals surface area contributed by atoms with Crippen LogP contribution in [0.25, 0.3) is 0 Å². The maximum Gasteiger partial charge on any atom is 0.244 e. The highest BCUT2D eigenvalue weighted by Crippen LogP contribution is 2.37. The normalized spacial score (nSPS) is 17.6. The van der Waals surface area contributed by atoms with E-state index >= 15 is 0 Å². The Morgan fingerprint density at radius 2 is 2.10 bits per heavy atom. The van der Waals surface area contributed by atoms with Crippen molar-refractivity contribution in [2.45, 2.75) is 63.6 Å². The van der Waals surface area contributed by atoms with Crippen LogP contribution in [0, 0.1) is 0 Å². The zero-order valence-electron chi connectivity index (χ0n) is 12.5. The summed E-state index contributed by atoms with van der Waals surface area (Å²) >= 11 is 0. The first-order valence-electron chi connectivity index (χ1n) is 7.38. The summed E-state index contributed by atoms with van der Waals surface area (Å²) in [7, 11) is -3.42. The van der Waals surface area contributed by atoms with Gasteiger partial charge in [0, 0.05) is 37.1 Å². The molecular weight excluding hydrogens is 274 g/mol. The molecule has 5 nitrogen and oxygen atoms in total. The van der Waals surface area contributed by atoms with Gasteiger partial charge in [0.2, 0.25) is 10.0 Å². The Morgan fingerprint density at radius 1 is 1.45 bits per heavy atom. The van der Waals surface area contributed by atoms with Gasteiger partial charge >= 0.3 is 0 Å². The average molecular weight is 299 g/mol. The molecule has 1 aliphatic carbocycles. The van der Waals surface area contributed by atoms with Crippen molar-refractivity contribution in [3.05, 3.63) is 18.0 Å². The standard InChI is InChI=1S/C14H25N3O2S/c1-4-11(3)17(5-2)20(18,19)14-8-13(9-15)16(10-14)12-6-7-12/h8,10-12H,4-7,9,15H2,1-3H3. The Hall–Kier alpha value is -0.850. The van der Waals surface area contributed by atoms with Crippen molar-refractivity contribution in [1.29, 1.82) is 0 Å². The van der Waals surface area contributed by atoms with Crippen molar-refractivity contribution >= 4 is 10.0 Å². The quantitative estimate of drug-likeness (QED) is 0.838. The molecule has 2 N–H and O–H groups in total. The first-order valence-corrected chi connectivity index (χ1v) is 8.82. The minimum absolute atomic E-state index is 0.00982. The fourth-order valence-electron chi connectivity index (χ4n) is 2.55. The van der Waals surface area contributed by atoms with E-state index in [1.54, 1.807) is 16.6 Å². The van der Waals surface area contributed by atoms with Gasteiger partial charge < -0.3 is 10.3 Å². The zero-order valence-corrected chi connectivity index (χ0v) is 13.4. The summed E-state index contributed by atoms with van der Waals surface area (Å²) in [5.41, 5.74) is 6.65. The van der Waals surface area contributed by atoms with Crippen LogP contribution in [0.15, 0.2) is 17.2 Å². The van der Waals surface area contributed by atoms with Gasteiger partial charge in [-0.1, -0.05) is 13.8 Å². The van der Waals surface area contributed by atoms with Crippen LogP contribution >= 0.6 is 0 Å². The number of hydrogen-bond donors (Lipinski definition) is 1. The van der Waals surface area contributed by atoms with Crippen LogP contribution in [0.2, 0.25) is 0 Å². The van der Waals surface area contributed by atoms with E-state index in [9.17, 15) is 8.42 Å². The molecule has 1 atom stereocenters. The average Bonchev–Trinajstić information content (AvgIpc) is 3.17. The molecule has 1 aromatic heterocycles. The Balaban J connectivity index is 2.38. The first kappa shape index (κ1) is 15.5. The number of nitrogens with zero attached hydrogens (tertiary/aromatic N) is 2. The summed E-state index contributed by atoms with van der Waals surface area (Å²) in [5, 5.41) is 0. The van der Waals surface area contributed by atoms with Crippen molar-refractivity contribution in [2.75, 3.05) is 6.54 Å². The molecule has 0 aliphatic heterocycles. The molecule has 114 valence electrons. The topological polar surface area (TPSA) is 68.3 Å². The lowest BCUT2D eigenvalue weighted by Gasteiger charge is -2.25. The van der Waals surface area contributed by atoms with E-state index < -0.39 is 10.0 Å². The summed E-state index contributed by atoms with van der Waals surface area (Å²) in [5.74, 6) is 0. The van der Waals surface area contributed by atoms with Crippen LogP contribution in [0.1, 0.15) is 51.8 Å². The van der Waals surface area contributed by atoms with Crippen molar-refractivity contribution in [2.24, 2.45) is 5.73 Å². The van der Waals surface area contributed by atoms with Gasteiger partial charge in [-0.15, -0.1) is 0 Å². The number of sulfonamides is 1. The number of hydrogen-bond acceptors (Lipinski definition) is 3. The lowest BCUT2D eigenvalue weighted by atomic mass is 10.3. The third-order valence-electron chi connectivity index (χ3n) is 4.06. The molecule has 2 rings (SSSR count). The Morgan fingerprint density at radius 3 is 2.55 bits per heavy atom. The Labute approximate surface area is 121 Å². The van der Waals surface area contributed by atoms with E-state index in [0.717, 1.165) is 25.0 Å². The molecule has 0 saturated heterocycles. The highest BCUT2D eigenvalue weighted by atomic mass is 32.2. The number of nitrogens with two attached hydrogens (primary N) is 1. The van der Waals surface area contributed by atoms with Crippen LogP contribution in [0.3, 0.4) is 0 Å². The maximum atomic E-state index is 12.8. The van der Waals surface area contributed by atoms with Gasteiger partial charge in [-0.25, -0.2) is 8.42 Å². The molecule has 1 unspecified atom stereocenters. The third-order valence-corrected chi connectivity index (χ3v) is 6.11. The van der Waals surface area contributed by atoms with E-state index in [1.165, 1.54) is 0 Å². The molecule has 1 fully saturated rings. The molecule has 0 aromatic carbocycles. The van der Waals surface area contributed by atoms with Gasteiger partial charge in [0.25, 0.3) is 0 Å². The highest BCUT2D eigenvalue weighted by molar-refractivity contribution is 7.89. The monoisotopic (exact) mass is 299 g/mol. The lowest BCUT2D eigenvalue weighted by molar-refractivity contribution is 0.342. The number of rotatable bonds is 7.